The van der Waals surface area contributed by atoms with E-state index in [1.807, 2.05) is 0 Å². The summed E-state index contributed by atoms with van der Waals surface area (Å²) < 4.78 is 27.6. The zero-order valence-electron chi connectivity index (χ0n) is 10.1. The summed E-state index contributed by atoms with van der Waals surface area (Å²) in [6.45, 7) is 4.62. The van der Waals surface area contributed by atoms with Gasteiger partial charge in [-0.3, -0.25) is 4.90 Å². The van der Waals surface area contributed by atoms with Gasteiger partial charge in [0.1, 0.15) is 0 Å². The minimum Gasteiger partial charge on any atom is -0.395 e. The quantitative estimate of drug-likeness (QED) is 0.702. The highest BCUT2D eigenvalue weighted by Crippen LogP contribution is 2.17. The van der Waals surface area contributed by atoms with Crippen molar-refractivity contribution in [3.05, 3.63) is 0 Å². The maximum Gasteiger partial charge on any atom is 0.282 e. The van der Waals surface area contributed by atoms with E-state index >= 15 is 0 Å². The van der Waals surface area contributed by atoms with Gasteiger partial charge in [-0.1, -0.05) is 0 Å². The monoisotopic (exact) mass is 263 g/mol. The normalized spacial score (nSPS) is 25.5. The van der Waals surface area contributed by atoms with Crippen LogP contribution in [0.2, 0.25) is 0 Å². The molecule has 6 nitrogen and oxygen atoms in total. The third-order valence-corrected chi connectivity index (χ3v) is 5.50. The van der Waals surface area contributed by atoms with Gasteiger partial charge in [-0.05, 0) is 12.8 Å². The van der Waals surface area contributed by atoms with E-state index in [2.05, 4.69) is 4.90 Å². The number of aliphatic hydroxyl groups is 1. The number of rotatable bonds is 4. The Balaban J connectivity index is 1.91. The van der Waals surface area contributed by atoms with Gasteiger partial charge in [0.25, 0.3) is 10.2 Å². The fourth-order valence-electron chi connectivity index (χ4n) is 2.41. The van der Waals surface area contributed by atoms with E-state index in [1.165, 1.54) is 0 Å². The molecule has 2 heterocycles. The number of hydrogen-bond donors (Lipinski definition) is 1. The third-order valence-electron chi connectivity index (χ3n) is 3.47. The van der Waals surface area contributed by atoms with Crippen molar-refractivity contribution in [2.75, 3.05) is 52.4 Å². The van der Waals surface area contributed by atoms with Crippen molar-refractivity contribution in [2.45, 2.75) is 12.8 Å². The Bertz CT molecular complexity index is 333. The van der Waals surface area contributed by atoms with Crippen LogP contribution in [0.25, 0.3) is 0 Å². The van der Waals surface area contributed by atoms with E-state index < -0.39 is 10.2 Å². The molecule has 0 aromatic carbocycles. The molecular weight excluding hydrogens is 242 g/mol. The van der Waals surface area contributed by atoms with Gasteiger partial charge < -0.3 is 5.11 Å². The molecule has 2 aliphatic rings. The van der Waals surface area contributed by atoms with Gasteiger partial charge in [-0.2, -0.15) is 17.0 Å². The van der Waals surface area contributed by atoms with Crippen LogP contribution in [0, 0.1) is 0 Å². The van der Waals surface area contributed by atoms with Crippen molar-refractivity contribution < 1.29 is 13.5 Å². The summed E-state index contributed by atoms with van der Waals surface area (Å²) in [5.74, 6) is 0. The second-order valence-electron chi connectivity index (χ2n) is 4.58. The molecule has 2 rings (SSSR count). The number of aliphatic hydroxyl groups excluding tert-OH is 1. The first kappa shape index (κ1) is 13.2. The van der Waals surface area contributed by atoms with Crippen molar-refractivity contribution in [3.8, 4) is 0 Å². The molecule has 0 atom stereocenters. The second-order valence-corrected chi connectivity index (χ2v) is 6.51. The van der Waals surface area contributed by atoms with Crippen molar-refractivity contribution >= 4 is 10.2 Å². The molecule has 0 bridgehead atoms. The van der Waals surface area contributed by atoms with Gasteiger partial charge in [0, 0.05) is 45.8 Å². The summed E-state index contributed by atoms with van der Waals surface area (Å²) in [4.78, 5) is 2.09. The van der Waals surface area contributed by atoms with Gasteiger partial charge in [-0.15, -0.1) is 0 Å². The van der Waals surface area contributed by atoms with E-state index in [0.717, 1.165) is 12.8 Å². The number of hydrogen-bond acceptors (Lipinski definition) is 4. The lowest BCUT2D eigenvalue weighted by Crippen LogP contribution is -2.52. The maximum absolute atomic E-state index is 12.2. The SMILES string of the molecule is O=S(=O)(N1CCCC1)N1CCN(CCO)CC1. The lowest BCUT2D eigenvalue weighted by atomic mass is 10.4. The molecule has 0 radical (unpaired) electrons. The predicted molar refractivity (Wildman–Crippen MR) is 64.8 cm³/mol. The van der Waals surface area contributed by atoms with Crippen LogP contribution < -0.4 is 0 Å². The fourth-order valence-corrected chi connectivity index (χ4v) is 4.08. The van der Waals surface area contributed by atoms with E-state index in [4.69, 9.17) is 5.11 Å². The van der Waals surface area contributed by atoms with Crippen LogP contribution in [-0.2, 0) is 10.2 Å². The molecule has 0 aliphatic carbocycles. The zero-order chi connectivity index (χ0) is 12.3. The van der Waals surface area contributed by atoms with E-state index in [0.29, 0.717) is 45.8 Å². The molecule has 100 valence electrons. The number of piperazine rings is 1. The summed E-state index contributed by atoms with van der Waals surface area (Å²) >= 11 is 0. The molecule has 1 N–H and O–H groups in total. The largest absolute Gasteiger partial charge is 0.395 e. The fraction of sp³-hybridized carbons (Fsp3) is 1.00. The zero-order valence-corrected chi connectivity index (χ0v) is 10.9. The molecular formula is C10H21N3O3S. The topological polar surface area (TPSA) is 64.1 Å². The Morgan fingerprint density at radius 3 is 1.94 bits per heavy atom. The van der Waals surface area contributed by atoms with Crippen LogP contribution in [0.3, 0.4) is 0 Å². The molecule has 2 saturated heterocycles. The molecule has 0 amide bonds. The Hall–Kier alpha value is -0.210. The number of β-amino-alcohol motifs (C(OH)–C–C–N with tert-alkyl or cyclic N) is 1. The molecule has 0 unspecified atom stereocenters. The third kappa shape index (κ3) is 2.97. The first-order valence-corrected chi connectivity index (χ1v) is 7.63. The van der Waals surface area contributed by atoms with Crippen LogP contribution in [0.15, 0.2) is 0 Å². The predicted octanol–water partition coefficient (Wildman–Crippen LogP) is -1.06. The highest BCUT2D eigenvalue weighted by Gasteiger charge is 2.33. The van der Waals surface area contributed by atoms with E-state index in [-0.39, 0.29) is 6.61 Å². The molecule has 0 aromatic rings. The molecule has 17 heavy (non-hydrogen) atoms. The molecule has 7 heteroatoms. The summed E-state index contributed by atoms with van der Waals surface area (Å²) in [5.41, 5.74) is 0. The van der Waals surface area contributed by atoms with Crippen LogP contribution in [-0.4, -0.2) is 79.5 Å². The Morgan fingerprint density at radius 1 is 0.882 bits per heavy atom. The van der Waals surface area contributed by atoms with Crippen LogP contribution in [0.4, 0.5) is 0 Å². The average Bonchev–Trinajstić information content (AvgIpc) is 2.84. The number of nitrogens with zero attached hydrogens (tertiary/aromatic N) is 3. The Kier molecular flexibility index (Phi) is 4.37. The van der Waals surface area contributed by atoms with Crippen LogP contribution in [0.5, 0.6) is 0 Å². The van der Waals surface area contributed by atoms with Crippen LogP contribution >= 0.6 is 0 Å². The molecule has 2 fully saturated rings. The van der Waals surface area contributed by atoms with Crippen LogP contribution in [0.1, 0.15) is 12.8 Å². The van der Waals surface area contributed by atoms with Gasteiger partial charge in [0.15, 0.2) is 0 Å². The average molecular weight is 263 g/mol. The van der Waals surface area contributed by atoms with Gasteiger partial charge in [0.2, 0.25) is 0 Å². The summed E-state index contributed by atoms with van der Waals surface area (Å²) in [6.07, 6.45) is 1.95. The lowest BCUT2D eigenvalue weighted by molar-refractivity contribution is 0.148. The summed E-state index contributed by atoms with van der Waals surface area (Å²) in [6, 6.07) is 0. The van der Waals surface area contributed by atoms with Gasteiger partial charge in [-0.25, -0.2) is 0 Å². The molecule has 0 saturated carbocycles. The maximum atomic E-state index is 12.2. The van der Waals surface area contributed by atoms with E-state index in [9.17, 15) is 8.42 Å². The Morgan fingerprint density at radius 2 is 1.41 bits per heavy atom. The summed E-state index contributed by atoms with van der Waals surface area (Å²) in [7, 11) is -3.22. The van der Waals surface area contributed by atoms with E-state index in [1.54, 1.807) is 8.61 Å². The lowest BCUT2D eigenvalue weighted by Gasteiger charge is -2.35. The van der Waals surface area contributed by atoms with Gasteiger partial charge >= 0.3 is 0 Å². The minimum atomic E-state index is -3.22. The van der Waals surface area contributed by atoms with Gasteiger partial charge in [0.05, 0.1) is 6.61 Å². The second kappa shape index (κ2) is 5.62. The highest BCUT2D eigenvalue weighted by atomic mass is 32.2. The van der Waals surface area contributed by atoms with Crippen molar-refractivity contribution in [3.63, 3.8) is 0 Å². The van der Waals surface area contributed by atoms with Crippen molar-refractivity contribution in [2.24, 2.45) is 0 Å². The first-order valence-electron chi connectivity index (χ1n) is 6.23. The van der Waals surface area contributed by atoms with Crippen molar-refractivity contribution in [1.29, 1.82) is 0 Å². The molecule has 0 aromatic heterocycles. The first-order chi connectivity index (χ1) is 8.14. The summed E-state index contributed by atoms with van der Waals surface area (Å²) in [5, 5.41) is 8.84. The Labute approximate surface area is 103 Å². The molecule has 2 aliphatic heterocycles. The smallest absolute Gasteiger partial charge is 0.282 e. The molecule has 0 spiro atoms. The standard InChI is InChI=1S/C10H21N3O3S/c14-10-9-11-5-7-13(8-6-11)17(15,16)12-3-1-2-4-12/h14H,1-10H2. The highest BCUT2D eigenvalue weighted by molar-refractivity contribution is 7.86. The van der Waals surface area contributed by atoms with Crippen molar-refractivity contribution in [1.82, 2.24) is 13.5 Å². The minimum absolute atomic E-state index is 0.138.